The van der Waals surface area contributed by atoms with Crippen LogP contribution in [0.1, 0.15) is 22.8 Å². The normalized spacial score (nSPS) is 16.1. The van der Waals surface area contributed by atoms with E-state index >= 15 is 0 Å². The Labute approximate surface area is 143 Å². The first-order valence-corrected chi connectivity index (χ1v) is 8.18. The molecule has 118 valence electrons. The van der Waals surface area contributed by atoms with Crippen LogP contribution < -0.4 is 4.90 Å². The Hall–Kier alpha value is -2.14. The largest absolute Gasteiger partial charge is 0.452 e. The van der Waals surface area contributed by atoms with Crippen LogP contribution in [0.4, 0.5) is 5.69 Å². The van der Waals surface area contributed by atoms with Gasteiger partial charge < -0.3 is 9.64 Å². The maximum atomic E-state index is 12.4. The van der Waals surface area contributed by atoms with Crippen LogP contribution in [0.3, 0.4) is 0 Å². The number of carbonyl (C=O) groups is 2. The zero-order valence-corrected chi connectivity index (χ0v) is 14.2. The highest BCUT2D eigenvalue weighted by atomic mass is 79.9. The number of rotatable bonds is 3. The van der Waals surface area contributed by atoms with E-state index < -0.39 is 5.97 Å². The highest BCUT2D eigenvalue weighted by Crippen LogP contribution is 2.31. The van der Waals surface area contributed by atoms with Crippen molar-refractivity contribution in [2.24, 2.45) is 0 Å². The molecule has 0 aromatic heterocycles. The number of amides is 1. The number of nitrogens with zero attached hydrogens (tertiary/aromatic N) is 1. The van der Waals surface area contributed by atoms with Gasteiger partial charge in [-0.15, -0.1) is 0 Å². The van der Waals surface area contributed by atoms with Gasteiger partial charge in [-0.3, -0.25) is 4.79 Å². The van der Waals surface area contributed by atoms with Crippen molar-refractivity contribution in [3.05, 3.63) is 64.1 Å². The molecule has 1 amide bonds. The summed E-state index contributed by atoms with van der Waals surface area (Å²) in [6, 6.07) is 14.7. The fourth-order valence-electron chi connectivity index (χ4n) is 2.81. The second kappa shape index (κ2) is 6.54. The minimum absolute atomic E-state index is 0.0753. The molecule has 1 aliphatic heterocycles. The number of carbonyl (C=O) groups excluding carboxylic acids is 2. The number of hydrogen-bond donors (Lipinski definition) is 0. The lowest BCUT2D eigenvalue weighted by atomic mass is 10.1. The fraction of sp³-hybridized carbons (Fsp3) is 0.222. The van der Waals surface area contributed by atoms with Gasteiger partial charge in [0.15, 0.2) is 6.61 Å². The first-order chi connectivity index (χ1) is 11.1. The molecule has 1 aliphatic rings. The molecule has 0 N–H and O–H groups in total. The summed E-state index contributed by atoms with van der Waals surface area (Å²) in [7, 11) is 0. The predicted molar refractivity (Wildman–Crippen MR) is 91.5 cm³/mol. The van der Waals surface area contributed by atoms with Crippen molar-refractivity contribution in [2.75, 3.05) is 11.5 Å². The van der Waals surface area contributed by atoms with Crippen molar-refractivity contribution in [3.8, 4) is 0 Å². The van der Waals surface area contributed by atoms with Gasteiger partial charge in [-0.25, -0.2) is 4.79 Å². The van der Waals surface area contributed by atoms with Crippen LogP contribution in [-0.2, 0) is 16.0 Å². The summed E-state index contributed by atoms with van der Waals surface area (Å²) in [6.45, 7) is 1.74. The number of esters is 1. The van der Waals surface area contributed by atoms with E-state index in [-0.39, 0.29) is 18.6 Å². The minimum Gasteiger partial charge on any atom is -0.452 e. The highest BCUT2D eigenvalue weighted by molar-refractivity contribution is 9.10. The lowest BCUT2D eigenvalue weighted by Gasteiger charge is -2.22. The molecular formula is C18H16BrNO3. The van der Waals surface area contributed by atoms with E-state index in [2.05, 4.69) is 15.9 Å². The van der Waals surface area contributed by atoms with Gasteiger partial charge in [0.05, 0.1) is 5.56 Å². The second-order valence-electron chi connectivity index (χ2n) is 5.53. The summed E-state index contributed by atoms with van der Waals surface area (Å²) in [5.74, 6) is -0.695. The predicted octanol–water partition coefficient (Wildman–Crippen LogP) is 3.58. The summed E-state index contributed by atoms with van der Waals surface area (Å²) < 4.78 is 6.04. The van der Waals surface area contributed by atoms with E-state index in [1.165, 1.54) is 0 Å². The molecular weight excluding hydrogens is 358 g/mol. The highest BCUT2D eigenvalue weighted by Gasteiger charge is 2.30. The Kier molecular flexibility index (Phi) is 4.48. The maximum absolute atomic E-state index is 12.4. The first-order valence-electron chi connectivity index (χ1n) is 7.39. The zero-order valence-electron chi connectivity index (χ0n) is 12.7. The third kappa shape index (κ3) is 3.29. The molecule has 0 aliphatic carbocycles. The molecule has 23 heavy (non-hydrogen) atoms. The third-order valence-corrected chi connectivity index (χ3v) is 4.41. The SMILES string of the molecule is C[C@@H]1Cc2ccccc2N1C(=O)COC(=O)c1ccc(Br)cc1. The summed E-state index contributed by atoms with van der Waals surface area (Å²) in [4.78, 5) is 26.2. The Morgan fingerprint density at radius 2 is 1.87 bits per heavy atom. The lowest BCUT2D eigenvalue weighted by molar-refractivity contribution is -0.122. The number of para-hydroxylation sites is 1. The first kappa shape index (κ1) is 15.7. The number of benzene rings is 2. The van der Waals surface area contributed by atoms with Crippen molar-refractivity contribution in [1.82, 2.24) is 0 Å². The van der Waals surface area contributed by atoms with E-state index in [0.717, 1.165) is 22.1 Å². The van der Waals surface area contributed by atoms with Crippen molar-refractivity contribution < 1.29 is 14.3 Å². The summed E-state index contributed by atoms with van der Waals surface area (Å²) in [5, 5.41) is 0. The number of halogens is 1. The molecule has 0 spiro atoms. The number of hydrogen-bond acceptors (Lipinski definition) is 3. The van der Waals surface area contributed by atoms with Gasteiger partial charge in [-0.2, -0.15) is 0 Å². The molecule has 0 fully saturated rings. The van der Waals surface area contributed by atoms with Crippen LogP contribution in [-0.4, -0.2) is 24.5 Å². The molecule has 2 aromatic rings. The molecule has 1 heterocycles. The Bertz CT molecular complexity index is 742. The van der Waals surface area contributed by atoms with Gasteiger partial charge in [0.25, 0.3) is 5.91 Å². The second-order valence-corrected chi connectivity index (χ2v) is 6.44. The van der Waals surface area contributed by atoms with E-state index in [1.807, 2.05) is 31.2 Å². The fourth-order valence-corrected chi connectivity index (χ4v) is 3.08. The molecule has 4 nitrogen and oxygen atoms in total. The summed E-state index contributed by atoms with van der Waals surface area (Å²) in [5.41, 5.74) is 2.48. The van der Waals surface area contributed by atoms with Crippen LogP contribution in [0.25, 0.3) is 0 Å². The Morgan fingerprint density at radius 3 is 2.61 bits per heavy atom. The minimum atomic E-state index is -0.494. The van der Waals surface area contributed by atoms with Gasteiger partial charge in [0, 0.05) is 16.2 Å². The van der Waals surface area contributed by atoms with Gasteiger partial charge in [-0.05, 0) is 49.2 Å². The average molecular weight is 374 g/mol. The van der Waals surface area contributed by atoms with Crippen LogP contribution >= 0.6 is 15.9 Å². The molecule has 0 radical (unpaired) electrons. The molecule has 3 rings (SSSR count). The maximum Gasteiger partial charge on any atom is 0.338 e. The van der Waals surface area contributed by atoms with Crippen molar-refractivity contribution in [2.45, 2.75) is 19.4 Å². The van der Waals surface area contributed by atoms with E-state index in [9.17, 15) is 9.59 Å². The summed E-state index contributed by atoms with van der Waals surface area (Å²) in [6.07, 6.45) is 0.822. The van der Waals surface area contributed by atoms with Crippen LogP contribution in [0.2, 0.25) is 0 Å². The Balaban J connectivity index is 1.66. The van der Waals surface area contributed by atoms with Gasteiger partial charge in [0.2, 0.25) is 0 Å². The van der Waals surface area contributed by atoms with Gasteiger partial charge in [0.1, 0.15) is 0 Å². The molecule has 0 saturated carbocycles. The molecule has 0 unspecified atom stereocenters. The van der Waals surface area contributed by atoms with Crippen molar-refractivity contribution >= 4 is 33.5 Å². The van der Waals surface area contributed by atoms with Crippen molar-refractivity contribution in [3.63, 3.8) is 0 Å². The molecule has 0 saturated heterocycles. The number of fused-ring (bicyclic) bond motifs is 1. The Morgan fingerprint density at radius 1 is 1.17 bits per heavy atom. The number of anilines is 1. The van der Waals surface area contributed by atoms with Crippen LogP contribution in [0.15, 0.2) is 53.0 Å². The molecule has 0 bridgehead atoms. The van der Waals surface area contributed by atoms with E-state index in [0.29, 0.717) is 5.56 Å². The molecule has 1 atom stereocenters. The van der Waals surface area contributed by atoms with Gasteiger partial charge >= 0.3 is 5.97 Å². The summed E-state index contributed by atoms with van der Waals surface area (Å²) >= 11 is 3.31. The smallest absolute Gasteiger partial charge is 0.338 e. The number of ether oxygens (including phenoxy) is 1. The van der Waals surface area contributed by atoms with Crippen LogP contribution in [0.5, 0.6) is 0 Å². The average Bonchev–Trinajstić information content (AvgIpc) is 2.88. The topological polar surface area (TPSA) is 46.6 Å². The van der Waals surface area contributed by atoms with E-state index in [1.54, 1.807) is 29.2 Å². The van der Waals surface area contributed by atoms with Gasteiger partial charge in [-0.1, -0.05) is 34.1 Å². The zero-order chi connectivity index (χ0) is 16.4. The quantitative estimate of drug-likeness (QED) is 0.772. The monoisotopic (exact) mass is 373 g/mol. The van der Waals surface area contributed by atoms with Crippen LogP contribution in [0, 0.1) is 0 Å². The van der Waals surface area contributed by atoms with Crippen molar-refractivity contribution in [1.29, 1.82) is 0 Å². The van der Waals surface area contributed by atoms with E-state index in [4.69, 9.17) is 4.74 Å². The third-order valence-electron chi connectivity index (χ3n) is 3.88. The molecule has 2 aromatic carbocycles. The lowest BCUT2D eigenvalue weighted by Crippen LogP contribution is -2.38. The molecule has 5 heteroatoms. The standard InChI is InChI=1S/C18H16BrNO3/c1-12-10-14-4-2-3-5-16(14)20(12)17(21)11-23-18(22)13-6-8-15(19)9-7-13/h2-9,12H,10-11H2,1H3/t12-/m1/s1.